The Morgan fingerprint density at radius 3 is 2.22 bits per heavy atom. The van der Waals surface area contributed by atoms with Crippen LogP contribution in [-0.2, 0) is 26.2 Å². The maximum Gasteiger partial charge on any atom is 0.264 e. The Morgan fingerprint density at radius 1 is 0.927 bits per heavy atom. The molecule has 1 atom stereocenters. The lowest BCUT2D eigenvalue weighted by molar-refractivity contribution is -0.139. The van der Waals surface area contributed by atoms with Crippen LogP contribution in [0.1, 0.15) is 50.2 Å². The van der Waals surface area contributed by atoms with Crippen LogP contribution in [0, 0.1) is 6.92 Å². The molecule has 0 aliphatic heterocycles. The van der Waals surface area contributed by atoms with Gasteiger partial charge in [-0.15, -0.1) is 0 Å². The van der Waals surface area contributed by atoms with Crippen LogP contribution < -0.4 is 9.62 Å². The topological polar surface area (TPSA) is 86.8 Å². The number of benzene rings is 3. The standard InChI is InChI=1S/C31H35Cl2N3O4S/c1-22-11-17-29(18-12-22)41(39,40)36(28-15-13-25(32)14-16-28)21-30(37)35(20-24-7-6-8-26(33)19-24)23(2)31(38)34-27-9-4-3-5-10-27/h6-8,11-19,23,27H,3-5,9-10,20-21H2,1-2H3,(H,34,38)/t23-/m1/s1. The van der Waals surface area contributed by atoms with Crippen molar-refractivity contribution in [2.45, 2.75) is 69.5 Å². The molecule has 1 saturated carbocycles. The van der Waals surface area contributed by atoms with Crippen LogP contribution in [0.15, 0.2) is 77.7 Å². The van der Waals surface area contributed by atoms with Crippen molar-refractivity contribution >= 4 is 50.7 Å². The number of nitrogens with zero attached hydrogens (tertiary/aromatic N) is 2. The molecular formula is C31H35Cl2N3O4S. The molecule has 7 nitrogen and oxygen atoms in total. The molecule has 0 bridgehead atoms. The SMILES string of the molecule is Cc1ccc(S(=O)(=O)N(CC(=O)N(Cc2cccc(Cl)c2)[C@H](C)C(=O)NC2CCCCC2)c2ccc(Cl)cc2)cc1. The van der Waals surface area contributed by atoms with Crippen molar-refractivity contribution in [1.29, 1.82) is 0 Å². The van der Waals surface area contributed by atoms with Crippen LogP contribution >= 0.6 is 23.2 Å². The molecule has 1 fully saturated rings. The molecule has 1 aliphatic carbocycles. The van der Waals surface area contributed by atoms with E-state index in [1.54, 1.807) is 61.5 Å². The molecule has 0 radical (unpaired) electrons. The quantitative estimate of drug-likeness (QED) is 0.287. The summed E-state index contributed by atoms with van der Waals surface area (Å²) in [6, 6.07) is 19.0. The Bertz CT molecular complexity index is 1460. The highest BCUT2D eigenvalue weighted by Gasteiger charge is 2.33. The van der Waals surface area contributed by atoms with Gasteiger partial charge < -0.3 is 10.2 Å². The molecule has 0 heterocycles. The summed E-state index contributed by atoms with van der Waals surface area (Å²) in [7, 11) is -4.14. The lowest BCUT2D eigenvalue weighted by Crippen LogP contribution is -2.53. The van der Waals surface area contributed by atoms with Gasteiger partial charge in [0, 0.05) is 22.6 Å². The number of hydrogen-bond donors (Lipinski definition) is 1. The minimum Gasteiger partial charge on any atom is -0.352 e. The van der Waals surface area contributed by atoms with Crippen molar-refractivity contribution in [2.24, 2.45) is 0 Å². The van der Waals surface area contributed by atoms with Crippen molar-refractivity contribution in [1.82, 2.24) is 10.2 Å². The zero-order valence-electron chi connectivity index (χ0n) is 23.2. The lowest BCUT2D eigenvalue weighted by Gasteiger charge is -2.33. The van der Waals surface area contributed by atoms with Gasteiger partial charge >= 0.3 is 0 Å². The van der Waals surface area contributed by atoms with Crippen LogP contribution in [0.2, 0.25) is 10.0 Å². The van der Waals surface area contributed by atoms with Gasteiger partial charge in [-0.2, -0.15) is 0 Å². The Balaban J connectivity index is 1.67. The van der Waals surface area contributed by atoms with Crippen molar-refractivity contribution < 1.29 is 18.0 Å². The molecule has 3 aromatic rings. The van der Waals surface area contributed by atoms with Gasteiger partial charge in [0.05, 0.1) is 10.6 Å². The van der Waals surface area contributed by atoms with Gasteiger partial charge in [-0.25, -0.2) is 8.42 Å². The van der Waals surface area contributed by atoms with Crippen molar-refractivity contribution in [2.75, 3.05) is 10.8 Å². The number of anilines is 1. The summed E-state index contributed by atoms with van der Waals surface area (Å²) in [6.45, 7) is 3.10. The molecule has 2 amide bonds. The maximum atomic E-state index is 14.0. The summed E-state index contributed by atoms with van der Waals surface area (Å²) >= 11 is 12.3. The zero-order chi connectivity index (χ0) is 29.6. The van der Waals surface area contributed by atoms with E-state index < -0.39 is 28.5 Å². The van der Waals surface area contributed by atoms with E-state index in [9.17, 15) is 18.0 Å². The van der Waals surface area contributed by atoms with Gasteiger partial charge in [0.2, 0.25) is 11.8 Å². The first-order valence-electron chi connectivity index (χ1n) is 13.7. The predicted molar refractivity (Wildman–Crippen MR) is 164 cm³/mol. The van der Waals surface area contributed by atoms with E-state index in [2.05, 4.69) is 5.32 Å². The zero-order valence-corrected chi connectivity index (χ0v) is 25.6. The lowest BCUT2D eigenvalue weighted by atomic mass is 9.95. The molecule has 10 heteroatoms. The number of amides is 2. The number of halogens is 2. The fourth-order valence-electron chi connectivity index (χ4n) is 4.96. The van der Waals surface area contributed by atoms with E-state index in [0.29, 0.717) is 10.0 Å². The minimum absolute atomic E-state index is 0.0512. The van der Waals surface area contributed by atoms with E-state index in [1.165, 1.54) is 17.0 Å². The van der Waals surface area contributed by atoms with Crippen LogP contribution in [-0.4, -0.2) is 43.8 Å². The van der Waals surface area contributed by atoms with Crippen LogP contribution in [0.4, 0.5) is 5.69 Å². The number of carbonyl (C=O) groups is 2. The van der Waals surface area contributed by atoms with Gasteiger partial charge in [-0.05, 0) is 80.8 Å². The number of sulfonamides is 1. The average Bonchev–Trinajstić information content (AvgIpc) is 2.95. The molecule has 41 heavy (non-hydrogen) atoms. The van der Waals surface area contributed by atoms with Crippen LogP contribution in [0.5, 0.6) is 0 Å². The van der Waals surface area contributed by atoms with E-state index in [1.807, 2.05) is 13.0 Å². The van der Waals surface area contributed by atoms with Gasteiger partial charge in [0.25, 0.3) is 10.0 Å². The molecule has 0 saturated heterocycles. The maximum absolute atomic E-state index is 14.0. The predicted octanol–water partition coefficient (Wildman–Crippen LogP) is 6.36. The second-order valence-corrected chi connectivity index (χ2v) is 13.2. The number of rotatable bonds is 10. The first-order valence-corrected chi connectivity index (χ1v) is 15.9. The Hall–Kier alpha value is -3.07. The van der Waals surface area contributed by atoms with E-state index >= 15 is 0 Å². The van der Waals surface area contributed by atoms with Gasteiger partial charge in [-0.3, -0.25) is 13.9 Å². The normalized spacial score (nSPS) is 14.7. The largest absolute Gasteiger partial charge is 0.352 e. The first-order chi connectivity index (χ1) is 19.5. The van der Waals surface area contributed by atoms with Crippen molar-refractivity contribution in [3.63, 3.8) is 0 Å². The smallest absolute Gasteiger partial charge is 0.264 e. The second kappa shape index (κ2) is 13.7. The van der Waals surface area contributed by atoms with Crippen molar-refractivity contribution in [3.8, 4) is 0 Å². The van der Waals surface area contributed by atoms with Gasteiger partial charge in [0.15, 0.2) is 0 Å². The molecule has 1 N–H and O–H groups in total. The molecular weight excluding hydrogens is 581 g/mol. The molecule has 1 aliphatic rings. The van der Waals surface area contributed by atoms with Gasteiger partial charge in [-0.1, -0.05) is 72.3 Å². The highest BCUT2D eigenvalue weighted by molar-refractivity contribution is 7.92. The molecule has 0 unspecified atom stereocenters. The number of nitrogens with one attached hydrogen (secondary N) is 1. The molecule has 0 aromatic heterocycles. The Labute approximate surface area is 252 Å². The van der Waals surface area contributed by atoms with E-state index in [4.69, 9.17) is 23.2 Å². The average molecular weight is 617 g/mol. The van der Waals surface area contributed by atoms with E-state index in [0.717, 1.165) is 47.5 Å². The highest BCUT2D eigenvalue weighted by atomic mass is 35.5. The monoisotopic (exact) mass is 615 g/mol. The summed E-state index contributed by atoms with van der Waals surface area (Å²) in [5, 5.41) is 4.03. The summed E-state index contributed by atoms with van der Waals surface area (Å²) < 4.78 is 28.8. The first kappa shape index (κ1) is 30.9. The fraction of sp³-hybridized carbons (Fsp3) is 0.355. The molecule has 4 rings (SSSR count). The summed E-state index contributed by atoms with van der Waals surface area (Å²) in [5.74, 6) is -0.798. The van der Waals surface area contributed by atoms with Crippen molar-refractivity contribution in [3.05, 3.63) is 94.0 Å². The van der Waals surface area contributed by atoms with Crippen LogP contribution in [0.25, 0.3) is 0 Å². The Kier molecular flexibility index (Phi) is 10.3. The molecule has 3 aromatic carbocycles. The minimum atomic E-state index is -4.14. The number of carbonyl (C=O) groups excluding carboxylic acids is 2. The van der Waals surface area contributed by atoms with Gasteiger partial charge in [0.1, 0.15) is 12.6 Å². The molecule has 0 spiro atoms. The highest BCUT2D eigenvalue weighted by Crippen LogP contribution is 2.27. The summed E-state index contributed by atoms with van der Waals surface area (Å²) in [6.07, 6.45) is 5.06. The number of hydrogen-bond acceptors (Lipinski definition) is 4. The second-order valence-electron chi connectivity index (χ2n) is 10.5. The third-order valence-electron chi connectivity index (χ3n) is 7.36. The third kappa shape index (κ3) is 8.03. The van der Waals surface area contributed by atoms with Crippen LogP contribution in [0.3, 0.4) is 0 Å². The molecule has 218 valence electrons. The third-order valence-corrected chi connectivity index (χ3v) is 9.64. The fourth-order valence-corrected chi connectivity index (χ4v) is 6.71. The Morgan fingerprint density at radius 2 is 1.59 bits per heavy atom. The summed E-state index contributed by atoms with van der Waals surface area (Å²) in [5.41, 5.74) is 1.91. The number of aryl methyl sites for hydroxylation is 1. The van der Waals surface area contributed by atoms with E-state index in [-0.39, 0.29) is 29.1 Å². The summed E-state index contributed by atoms with van der Waals surface area (Å²) in [4.78, 5) is 28.9.